The fourth-order valence-corrected chi connectivity index (χ4v) is 6.32. The SMILES string of the molecule is N#Cc1cccc(-c2ccc3c4ccccc4n(-c4cccc5c4C(=O)N(c4cccc(-c6ccccc6)c4)C5=O)c3c2)c1. The molecule has 5 heteroatoms. The Morgan fingerprint density at radius 1 is 0.523 bits per heavy atom. The van der Waals surface area contributed by atoms with Crippen LogP contribution in [0.5, 0.6) is 0 Å². The Labute approximate surface area is 253 Å². The number of nitrogens with zero attached hydrogens (tertiary/aromatic N) is 3. The molecule has 7 aromatic rings. The van der Waals surface area contributed by atoms with Crippen LogP contribution in [0.4, 0.5) is 5.69 Å². The Bertz CT molecular complexity index is 2340. The molecule has 206 valence electrons. The summed E-state index contributed by atoms with van der Waals surface area (Å²) in [5.41, 5.74) is 8.18. The minimum absolute atomic E-state index is 0.341. The van der Waals surface area contributed by atoms with Gasteiger partial charge in [0.1, 0.15) is 0 Å². The number of anilines is 1. The van der Waals surface area contributed by atoms with Gasteiger partial charge in [-0.15, -0.1) is 0 Å². The molecule has 1 aromatic heterocycles. The molecule has 6 aromatic carbocycles. The molecule has 0 atom stereocenters. The molecule has 0 saturated heterocycles. The highest BCUT2D eigenvalue weighted by molar-refractivity contribution is 6.36. The van der Waals surface area contributed by atoms with Crippen LogP contribution in [-0.2, 0) is 0 Å². The van der Waals surface area contributed by atoms with Crippen molar-refractivity contribution in [3.8, 4) is 34.0 Å². The molecule has 1 aliphatic rings. The molecule has 44 heavy (non-hydrogen) atoms. The Morgan fingerprint density at radius 2 is 1.20 bits per heavy atom. The van der Waals surface area contributed by atoms with Crippen molar-refractivity contribution in [2.75, 3.05) is 4.90 Å². The van der Waals surface area contributed by atoms with E-state index in [-0.39, 0.29) is 11.8 Å². The zero-order valence-electron chi connectivity index (χ0n) is 23.4. The van der Waals surface area contributed by atoms with Crippen molar-refractivity contribution in [3.05, 3.63) is 156 Å². The number of carbonyl (C=O) groups is 2. The Morgan fingerprint density at radius 3 is 2.05 bits per heavy atom. The van der Waals surface area contributed by atoms with E-state index in [0.29, 0.717) is 28.1 Å². The van der Waals surface area contributed by atoms with Crippen LogP contribution in [0, 0.1) is 11.3 Å². The van der Waals surface area contributed by atoms with Crippen molar-refractivity contribution < 1.29 is 9.59 Å². The highest BCUT2D eigenvalue weighted by Gasteiger charge is 2.39. The van der Waals surface area contributed by atoms with Crippen LogP contribution in [-0.4, -0.2) is 16.4 Å². The van der Waals surface area contributed by atoms with Gasteiger partial charge >= 0.3 is 0 Å². The fraction of sp³-hybridized carbons (Fsp3) is 0. The van der Waals surface area contributed by atoms with Crippen LogP contribution >= 0.6 is 0 Å². The molecule has 0 aliphatic carbocycles. The zero-order valence-corrected chi connectivity index (χ0v) is 23.4. The number of nitriles is 1. The quantitative estimate of drug-likeness (QED) is 0.200. The van der Waals surface area contributed by atoms with E-state index in [2.05, 4.69) is 34.9 Å². The summed E-state index contributed by atoms with van der Waals surface area (Å²) < 4.78 is 2.08. The summed E-state index contributed by atoms with van der Waals surface area (Å²) >= 11 is 0. The first-order valence-corrected chi connectivity index (χ1v) is 14.3. The number of fused-ring (bicyclic) bond motifs is 4. The van der Waals surface area contributed by atoms with Crippen molar-refractivity contribution in [3.63, 3.8) is 0 Å². The van der Waals surface area contributed by atoms with Gasteiger partial charge in [-0.25, -0.2) is 4.90 Å². The molecular weight excluding hydrogens is 542 g/mol. The average molecular weight is 566 g/mol. The molecule has 1 aliphatic heterocycles. The van der Waals surface area contributed by atoms with E-state index < -0.39 is 0 Å². The van der Waals surface area contributed by atoms with Crippen LogP contribution in [0.15, 0.2) is 140 Å². The topological polar surface area (TPSA) is 66.1 Å². The minimum Gasteiger partial charge on any atom is -0.308 e. The number of benzene rings is 6. The van der Waals surface area contributed by atoms with E-state index in [0.717, 1.165) is 44.1 Å². The second kappa shape index (κ2) is 9.94. The van der Waals surface area contributed by atoms with Gasteiger partial charge in [0, 0.05) is 10.8 Å². The monoisotopic (exact) mass is 565 g/mol. The van der Waals surface area contributed by atoms with Gasteiger partial charge in [0.05, 0.1) is 45.2 Å². The molecule has 0 radical (unpaired) electrons. The van der Waals surface area contributed by atoms with Crippen LogP contribution in [0.2, 0.25) is 0 Å². The first kappa shape index (κ1) is 25.5. The van der Waals surface area contributed by atoms with Crippen molar-refractivity contribution in [1.82, 2.24) is 4.57 Å². The third kappa shape index (κ3) is 3.86. The minimum atomic E-state index is -0.352. The maximum atomic E-state index is 14.3. The van der Waals surface area contributed by atoms with E-state index >= 15 is 0 Å². The van der Waals surface area contributed by atoms with Crippen LogP contribution in [0.1, 0.15) is 26.3 Å². The molecular formula is C39H23N3O2. The molecule has 2 amide bonds. The van der Waals surface area contributed by atoms with Crippen molar-refractivity contribution in [2.45, 2.75) is 0 Å². The molecule has 5 nitrogen and oxygen atoms in total. The van der Waals surface area contributed by atoms with Gasteiger partial charge < -0.3 is 4.57 Å². The highest BCUT2D eigenvalue weighted by atomic mass is 16.2. The summed E-state index contributed by atoms with van der Waals surface area (Å²) in [7, 11) is 0. The summed E-state index contributed by atoms with van der Waals surface area (Å²) in [5.74, 6) is -0.693. The van der Waals surface area contributed by atoms with Crippen molar-refractivity contribution >= 4 is 39.3 Å². The average Bonchev–Trinajstić information content (AvgIpc) is 3.55. The lowest BCUT2D eigenvalue weighted by Gasteiger charge is -2.16. The number of para-hydroxylation sites is 1. The van der Waals surface area contributed by atoms with Gasteiger partial charge in [0.15, 0.2) is 0 Å². The molecule has 0 spiro atoms. The summed E-state index contributed by atoms with van der Waals surface area (Å²) in [6.45, 7) is 0. The number of hydrogen-bond donors (Lipinski definition) is 0. The van der Waals surface area contributed by atoms with Gasteiger partial charge in [-0.2, -0.15) is 5.26 Å². The third-order valence-corrected chi connectivity index (χ3v) is 8.34. The smallest absolute Gasteiger partial charge is 0.268 e. The number of aromatic nitrogens is 1. The predicted molar refractivity (Wildman–Crippen MR) is 174 cm³/mol. The Hall–Kier alpha value is -6.25. The lowest BCUT2D eigenvalue weighted by Crippen LogP contribution is -2.29. The van der Waals surface area contributed by atoms with Gasteiger partial charge in [0.2, 0.25) is 0 Å². The number of imide groups is 1. The van der Waals surface area contributed by atoms with E-state index in [1.165, 1.54) is 4.90 Å². The second-order valence-corrected chi connectivity index (χ2v) is 10.8. The number of amides is 2. The standard InChI is InChI=1S/C39H23N3O2/c40-24-25-9-6-12-27(21-25)29-19-20-32-31-15-4-5-17-34(31)42(36(32)23-29)35-18-8-16-33-37(35)39(44)41(38(33)43)30-14-7-13-28(22-30)26-10-2-1-3-11-26/h1-23H. The third-order valence-electron chi connectivity index (χ3n) is 8.34. The fourth-order valence-electron chi connectivity index (χ4n) is 6.32. The van der Waals surface area contributed by atoms with Gasteiger partial charge in [-0.1, -0.05) is 91.0 Å². The first-order chi connectivity index (χ1) is 21.6. The van der Waals surface area contributed by atoms with E-state index in [4.69, 9.17) is 0 Å². The maximum Gasteiger partial charge on any atom is 0.268 e. The zero-order chi connectivity index (χ0) is 29.8. The maximum absolute atomic E-state index is 14.3. The van der Waals surface area contributed by atoms with Crippen molar-refractivity contribution in [1.29, 1.82) is 5.26 Å². The largest absolute Gasteiger partial charge is 0.308 e. The summed E-state index contributed by atoms with van der Waals surface area (Å²) in [6, 6.07) is 47.0. The van der Waals surface area contributed by atoms with Gasteiger partial charge in [-0.3, -0.25) is 9.59 Å². The first-order valence-electron chi connectivity index (χ1n) is 14.3. The van der Waals surface area contributed by atoms with E-state index in [1.807, 2.05) is 97.1 Å². The summed E-state index contributed by atoms with van der Waals surface area (Å²) in [5, 5.41) is 11.5. The molecule has 0 unspecified atom stereocenters. The van der Waals surface area contributed by atoms with Crippen LogP contribution in [0.3, 0.4) is 0 Å². The Balaban J connectivity index is 1.32. The van der Waals surface area contributed by atoms with Crippen LogP contribution in [0.25, 0.3) is 49.7 Å². The summed E-state index contributed by atoms with van der Waals surface area (Å²) in [4.78, 5) is 29.4. The molecule has 0 fully saturated rings. The molecule has 0 saturated carbocycles. The van der Waals surface area contributed by atoms with Gasteiger partial charge in [0.25, 0.3) is 11.8 Å². The molecule has 0 bridgehead atoms. The van der Waals surface area contributed by atoms with Crippen LogP contribution < -0.4 is 4.90 Å². The van der Waals surface area contributed by atoms with E-state index in [1.54, 1.807) is 18.2 Å². The lowest BCUT2D eigenvalue weighted by molar-refractivity contribution is 0.0926. The molecule has 2 heterocycles. The predicted octanol–water partition coefficient (Wildman–Crippen LogP) is 8.79. The highest BCUT2D eigenvalue weighted by Crippen LogP contribution is 2.39. The normalized spacial score (nSPS) is 12.6. The molecule has 0 N–H and O–H groups in total. The lowest BCUT2D eigenvalue weighted by atomic mass is 10.0. The summed E-state index contributed by atoms with van der Waals surface area (Å²) in [6.07, 6.45) is 0. The number of rotatable bonds is 4. The second-order valence-electron chi connectivity index (χ2n) is 10.8. The van der Waals surface area contributed by atoms with E-state index in [9.17, 15) is 14.9 Å². The number of hydrogen-bond acceptors (Lipinski definition) is 3. The van der Waals surface area contributed by atoms with Crippen molar-refractivity contribution in [2.24, 2.45) is 0 Å². The Kier molecular flexibility index (Phi) is 5.75. The van der Waals surface area contributed by atoms with Gasteiger partial charge in [-0.05, 0) is 70.8 Å². The molecule has 8 rings (SSSR count). The number of carbonyl (C=O) groups excluding carboxylic acids is 2.